The number of nitrogens with zero attached hydrogens (tertiary/aromatic N) is 1. The second-order valence-corrected chi connectivity index (χ2v) is 11.3. The highest BCUT2D eigenvalue weighted by atomic mass is 19.1. The molecule has 1 unspecified atom stereocenters. The fraction of sp³-hybridized carbons (Fsp3) is 0.270. The number of aryl methyl sites for hydroxylation is 1. The van der Waals surface area contributed by atoms with Crippen LogP contribution in [0.1, 0.15) is 41.7 Å². The number of aromatic hydroxyl groups is 2. The van der Waals surface area contributed by atoms with E-state index in [9.17, 15) is 19.4 Å². The van der Waals surface area contributed by atoms with Crippen molar-refractivity contribution in [1.82, 2.24) is 4.90 Å². The maximum atomic E-state index is 12.6. The highest BCUT2D eigenvalue weighted by Gasteiger charge is 2.30. The second-order valence-electron chi connectivity index (χ2n) is 11.3. The standard InChI is InChI=1S/C28H28FNO4.C9H10O2/c1-18-25-14-23(32)7-10-26(25)34-28(27(18)21-3-2-4-22(31)13-21)20-5-8-24(9-6-20)33-12-11-30-16-19(15-29)17-30;10-9(11)7-6-8-4-2-1-3-5-8/h2-10,13-14,19,28,31-32H,11-12,15-17H2,1H3;1-5H,6-7H2,(H,10,11). The van der Waals surface area contributed by atoms with Crippen LogP contribution in [0, 0.1) is 5.92 Å². The van der Waals surface area contributed by atoms with Crippen LogP contribution in [0.3, 0.4) is 0 Å². The van der Waals surface area contributed by atoms with E-state index in [1.165, 1.54) is 0 Å². The lowest BCUT2D eigenvalue weighted by Crippen LogP contribution is -2.49. The number of rotatable bonds is 10. The number of phenols is 2. The molecule has 4 aromatic carbocycles. The Balaban J connectivity index is 0.000000309. The SMILES string of the molecule is CC1=C(c2cccc(O)c2)C(c2ccc(OCCN3CC(CF)C3)cc2)Oc2ccc(O)cc21.O=C(O)CCc1ccccc1. The zero-order valence-corrected chi connectivity index (χ0v) is 25.2. The third-order valence-corrected chi connectivity index (χ3v) is 8.02. The van der Waals surface area contributed by atoms with Crippen molar-refractivity contribution in [2.45, 2.75) is 25.9 Å². The Bertz CT molecular complexity index is 1620. The van der Waals surface area contributed by atoms with Crippen molar-refractivity contribution in [3.8, 4) is 23.0 Å². The van der Waals surface area contributed by atoms with Gasteiger partial charge in [-0.05, 0) is 78.1 Å². The Morgan fingerprint density at radius 2 is 1.67 bits per heavy atom. The molecule has 0 radical (unpaired) electrons. The molecule has 45 heavy (non-hydrogen) atoms. The molecular formula is C37H38FNO6. The number of carbonyl (C=O) groups is 1. The number of fused-ring (bicyclic) bond motifs is 1. The Morgan fingerprint density at radius 1 is 0.933 bits per heavy atom. The van der Waals surface area contributed by atoms with Crippen LogP contribution in [0.2, 0.25) is 0 Å². The first-order chi connectivity index (χ1) is 21.8. The van der Waals surface area contributed by atoms with Gasteiger partial charge in [0.05, 0.1) is 6.67 Å². The number of halogens is 1. The van der Waals surface area contributed by atoms with Gasteiger partial charge in [0, 0.05) is 43.1 Å². The largest absolute Gasteiger partial charge is 0.508 e. The van der Waals surface area contributed by atoms with Gasteiger partial charge >= 0.3 is 5.97 Å². The molecule has 1 fully saturated rings. The van der Waals surface area contributed by atoms with Gasteiger partial charge in [0.15, 0.2) is 0 Å². The molecule has 0 amide bonds. The number of carboxylic acids is 1. The van der Waals surface area contributed by atoms with Gasteiger partial charge in [-0.3, -0.25) is 14.1 Å². The van der Waals surface area contributed by atoms with Crippen LogP contribution in [0.15, 0.2) is 97.1 Å². The highest BCUT2D eigenvalue weighted by Crippen LogP contribution is 2.47. The summed E-state index contributed by atoms with van der Waals surface area (Å²) in [4.78, 5) is 12.4. The Hall–Kier alpha value is -4.82. The molecule has 0 aliphatic carbocycles. The maximum absolute atomic E-state index is 12.6. The van der Waals surface area contributed by atoms with Crippen LogP contribution in [-0.2, 0) is 11.2 Å². The summed E-state index contributed by atoms with van der Waals surface area (Å²) in [5, 5.41) is 28.5. The van der Waals surface area contributed by atoms with Crippen molar-refractivity contribution < 1.29 is 34.0 Å². The average Bonchev–Trinajstić information content (AvgIpc) is 3.02. The van der Waals surface area contributed by atoms with E-state index >= 15 is 0 Å². The summed E-state index contributed by atoms with van der Waals surface area (Å²) in [5.41, 5.74) is 5.64. The lowest BCUT2D eigenvalue weighted by Gasteiger charge is -2.37. The van der Waals surface area contributed by atoms with Crippen LogP contribution in [-0.4, -0.2) is 59.1 Å². The number of likely N-dealkylation sites (tertiary alicyclic amines) is 1. The van der Waals surface area contributed by atoms with Crippen LogP contribution in [0.5, 0.6) is 23.0 Å². The van der Waals surface area contributed by atoms with E-state index in [4.69, 9.17) is 14.6 Å². The smallest absolute Gasteiger partial charge is 0.303 e. The molecule has 0 bridgehead atoms. The van der Waals surface area contributed by atoms with Gasteiger partial charge in [-0.15, -0.1) is 0 Å². The van der Waals surface area contributed by atoms with E-state index in [1.54, 1.807) is 30.3 Å². The summed E-state index contributed by atoms with van der Waals surface area (Å²) in [6.07, 6.45) is 0.451. The number of alkyl halides is 1. The van der Waals surface area contributed by atoms with Gasteiger partial charge in [0.2, 0.25) is 0 Å². The van der Waals surface area contributed by atoms with E-state index in [-0.39, 0.29) is 36.6 Å². The van der Waals surface area contributed by atoms with E-state index in [1.807, 2.05) is 73.7 Å². The molecule has 2 aliphatic heterocycles. The van der Waals surface area contributed by atoms with Crippen molar-refractivity contribution in [2.75, 3.05) is 32.9 Å². The molecule has 0 aromatic heterocycles. The summed E-state index contributed by atoms with van der Waals surface area (Å²) in [7, 11) is 0. The quantitative estimate of drug-likeness (QED) is 0.175. The number of ether oxygens (including phenoxy) is 2. The Labute approximate surface area is 262 Å². The minimum Gasteiger partial charge on any atom is -0.508 e. The number of carboxylic acid groups (broad SMARTS) is 1. The number of phenolic OH excluding ortho intramolecular Hbond substituents is 2. The molecular weight excluding hydrogens is 573 g/mol. The van der Waals surface area contributed by atoms with Gasteiger partial charge in [-0.2, -0.15) is 0 Å². The predicted molar refractivity (Wildman–Crippen MR) is 172 cm³/mol. The third kappa shape index (κ3) is 8.22. The third-order valence-electron chi connectivity index (χ3n) is 8.02. The summed E-state index contributed by atoms with van der Waals surface area (Å²) >= 11 is 0. The maximum Gasteiger partial charge on any atom is 0.303 e. The number of allylic oxidation sites excluding steroid dienone is 1. The molecule has 2 aliphatic rings. The van der Waals surface area contributed by atoms with E-state index in [0.29, 0.717) is 18.8 Å². The molecule has 4 aromatic rings. The number of aliphatic carboxylic acids is 1. The predicted octanol–water partition coefficient (Wildman–Crippen LogP) is 7.15. The monoisotopic (exact) mass is 611 g/mol. The van der Waals surface area contributed by atoms with Crippen LogP contribution in [0.4, 0.5) is 4.39 Å². The molecule has 0 spiro atoms. The average molecular weight is 612 g/mol. The fourth-order valence-electron chi connectivity index (χ4n) is 5.60. The summed E-state index contributed by atoms with van der Waals surface area (Å²) in [5.74, 6) is 1.27. The van der Waals surface area contributed by atoms with Gasteiger partial charge in [0.25, 0.3) is 0 Å². The van der Waals surface area contributed by atoms with Gasteiger partial charge in [-0.1, -0.05) is 54.6 Å². The summed E-state index contributed by atoms with van der Waals surface area (Å²) < 4.78 is 24.9. The van der Waals surface area contributed by atoms with Crippen LogP contribution < -0.4 is 9.47 Å². The first-order valence-electron chi connectivity index (χ1n) is 15.1. The lowest BCUT2D eigenvalue weighted by molar-refractivity contribution is -0.136. The van der Waals surface area contributed by atoms with Crippen molar-refractivity contribution in [1.29, 1.82) is 0 Å². The minimum absolute atomic E-state index is 0.176. The second kappa shape index (κ2) is 14.8. The van der Waals surface area contributed by atoms with Crippen molar-refractivity contribution in [2.24, 2.45) is 5.92 Å². The molecule has 1 atom stereocenters. The number of hydrogen-bond acceptors (Lipinski definition) is 6. The number of hydrogen-bond donors (Lipinski definition) is 3. The van der Waals surface area contributed by atoms with Gasteiger partial charge in [-0.25, -0.2) is 0 Å². The van der Waals surface area contributed by atoms with Gasteiger partial charge < -0.3 is 24.8 Å². The molecule has 0 saturated carbocycles. The Morgan fingerprint density at radius 3 is 2.36 bits per heavy atom. The highest BCUT2D eigenvalue weighted by molar-refractivity contribution is 5.95. The van der Waals surface area contributed by atoms with Crippen LogP contribution >= 0.6 is 0 Å². The molecule has 8 heteroatoms. The molecule has 1 saturated heterocycles. The fourth-order valence-corrected chi connectivity index (χ4v) is 5.60. The topological polar surface area (TPSA) is 99.5 Å². The lowest BCUT2D eigenvalue weighted by atomic mass is 9.86. The van der Waals surface area contributed by atoms with E-state index < -0.39 is 5.97 Å². The Kier molecular flexibility index (Phi) is 10.4. The number of benzene rings is 4. The minimum atomic E-state index is -0.742. The van der Waals surface area contributed by atoms with Crippen molar-refractivity contribution in [3.63, 3.8) is 0 Å². The van der Waals surface area contributed by atoms with E-state index in [0.717, 1.165) is 58.8 Å². The molecule has 2 heterocycles. The zero-order chi connectivity index (χ0) is 31.8. The first-order valence-corrected chi connectivity index (χ1v) is 15.1. The first kappa shape index (κ1) is 31.6. The van der Waals surface area contributed by atoms with Gasteiger partial charge in [0.1, 0.15) is 35.7 Å². The molecule has 3 N–H and O–H groups in total. The molecule has 7 nitrogen and oxygen atoms in total. The zero-order valence-electron chi connectivity index (χ0n) is 25.2. The van der Waals surface area contributed by atoms with E-state index in [2.05, 4.69) is 4.90 Å². The summed E-state index contributed by atoms with van der Waals surface area (Å²) in [6, 6.07) is 29.7. The van der Waals surface area contributed by atoms with Crippen molar-refractivity contribution >= 4 is 17.1 Å². The van der Waals surface area contributed by atoms with Crippen molar-refractivity contribution in [3.05, 3.63) is 119 Å². The van der Waals surface area contributed by atoms with Crippen LogP contribution in [0.25, 0.3) is 11.1 Å². The molecule has 234 valence electrons. The molecule has 6 rings (SSSR count). The normalized spacial score (nSPS) is 16.1. The summed E-state index contributed by atoms with van der Waals surface area (Å²) in [6.45, 7) is 4.72.